The minimum absolute atomic E-state index is 0.224. The van der Waals surface area contributed by atoms with Gasteiger partial charge in [-0.1, -0.05) is 6.07 Å². The van der Waals surface area contributed by atoms with E-state index < -0.39 is 5.97 Å². The number of carboxylic acids is 1. The van der Waals surface area contributed by atoms with Crippen molar-refractivity contribution in [2.24, 2.45) is 0 Å². The Balaban J connectivity index is 1.48. The van der Waals surface area contributed by atoms with E-state index in [2.05, 4.69) is 25.8 Å². The zero-order valence-corrected chi connectivity index (χ0v) is 14.5. The average molecular weight is 340 g/mol. The summed E-state index contributed by atoms with van der Waals surface area (Å²) in [5, 5.41) is 8.96. The SMILES string of the molecule is CN(c1ccc(C(=O)O)cn1)C1CCN(CCc2ccccn2)CC1. The third kappa shape index (κ3) is 4.54. The first-order valence-electron chi connectivity index (χ1n) is 8.68. The van der Waals surface area contributed by atoms with Crippen LogP contribution < -0.4 is 4.90 Å². The number of rotatable bonds is 6. The number of carbonyl (C=O) groups is 1. The summed E-state index contributed by atoms with van der Waals surface area (Å²) < 4.78 is 0. The average Bonchev–Trinajstić information content (AvgIpc) is 2.67. The van der Waals surface area contributed by atoms with Gasteiger partial charge in [0.05, 0.1) is 5.56 Å². The minimum Gasteiger partial charge on any atom is -0.478 e. The molecule has 0 bridgehead atoms. The summed E-state index contributed by atoms with van der Waals surface area (Å²) >= 11 is 0. The maximum Gasteiger partial charge on any atom is 0.337 e. The zero-order chi connectivity index (χ0) is 17.6. The fourth-order valence-corrected chi connectivity index (χ4v) is 3.26. The second kappa shape index (κ2) is 8.07. The highest BCUT2D eigenvalue weighted by molar-refractivity contribution is 5.87. The van der Waals surface area contributed by atoms with Crippen LogP contribution in [0.5, 0.6) is 0 Å². The van der Waals surface area contributed by atoms with Crippen LogP contribution in [0.1, 0.15) is 28.9 Å². The van der Waals surface area contributed by atoms with Crippen LogP contribution in [0.4, 0.5) is 5.82 Å². The Hall–Kier alpha value is -2.47. The van der Waals surface area contributed by atoms with Crippen molar-refractivity contribution in [3.8, 4) is 0 Å². The van der Waals surface area contributed by atoms with Gasteiger partial charge >= 0.3 is 5.97 Å². The quantitative estimate of drug-likeness (QED) is 0.870. The smallest absolute Gasteiger partial charge is 0.337 e. The van der Waals surface area contributed by atoms with E-state index in [1.54, 1.807) is 12.1 Å². The monoisotopic (exact) mass is 340 g/mol. The number of hydrogen-bond acceptors (Lipinski definition) is 5. The van der Waals surface area contributed by atoms with Gasteiger partial charge in [-0.3, -0.25) is 4.98 Å². The van der Waals surface area contributed by atoms with Crippen molar-refractivity contribution in [1.82, 2.24) is 14.9 Å². The van der Waals surface area contributed by atoms with Gasteiger partial charge in [0.15, 0.2) is 0 Å². The molecule has 1 saturated heterocycles. The molecule has 0 radical (unpaired) electrons. The van der Waals surface area contributed by atoms with Crippen molar-refractivity contribution >= 4 is 11.8 Å². The van der Waals surface area contributed by atoms with E-state index in [-0.39, 0.29) is 5.56 Å². The predicted molar refractivity (Wildman–Crippen MR) is 97.0 cm³/mol. The van der Waals surface area contributed by atoms with Crippen LogP contribution >= 0.6 is 0 Å². The highest BCUT2D eigenvalue weighted by atomic mass is 16.4. The highest BCUT2D eigenvalue weighted by Gasteiger charge is 2.23. The summed E-state index contributed by atoms with van der Waals surface area (Å²) in [6.07, 6.45) is 6.43. The van der Waals surface area contributed by atoms with Crippen LogP contribution in [-0.4, -0.2) is 58.7 Å². The van der Waals surface area contributed by atoms with E-state index >= 15 is 0 Å². The van der Waals surface area contributed by atoms with Crippen LogP contribution in [0, 0.1) is 0 Å². The molecule has 2 aromatic heterocycles. The standard InChI is InChI=1S/C19H24N4O2/c1-22(18-6-5-15(14-21-18)19(24)25)17-8-12-23(13-9-17)11-7-16-4-2-3-10-20-16/h2-6,10,14,17H,7-9,11-13H2,1H3,(H,24,25). The number of anilines is 1. The Kier molecular flexibility index (Phi) is 5.60. The Labute approximate surface area is 148 Å². The number of nitrogens with zero attached hydrogens (tertiary/aromatic N) is 4. The number of carboxylic acid groups (broad SMARTS) is 1. The lowest BCUT2D eigenvalue weighted by molar-refractivity contribution is 0.0696. The summed E-state index contributed by atoms with van der Waals surface area (Å²) in [5.41, 5.74) is 1.37. The number of pyridine rings is 2. The fourth-order valence-electron chi connectivity index (χ4n) is 3.26. The van der Waals surface area contributed by atoms with Crippen LogP contribution in [0.2, 0.25) is 0 Å². The Morgan fingerprint density at radius 1 is 1.24 bits per heavy atom. The molecule has 6 nitrogen and oxygen atoms in total. The number of aromatic nitrogens is 2. The highest BCUT2D eigenvalue weighted by Crippen LogP contribution is 2.21. The molecule has 1 aliphatic rings. The van der Waals surface area contributed by atoms with Crippen molar-refractivity contribution in [2.45, 2.75) is 25.3 Å². The topological polar surface area (TPSA) is 69.6 Å². The van der Waals surface area contributed by atoms with Gasteiger partial charge in [0.1, 0.15) is 5.82 Å². The van der Waals surface area contributed by atoms with Crippen molar-refractivity contribution < 1.29 is 9.90 Å². The number of piperidine rings is 1. The predicted octanol–water partition coefficient (Wildman–Crippen LogP) is 2.32. The third-order valence-corrected chi connectivity index (χ3v) is 4.87. The molecular weight excluding hydrogens is 316 g/mol. The molecule has 0 unspecified atom stereocenters. The molecule has 0 amide bonds. The van der Waals surface area contributed by atoms with Gasteiger partial charge in [-0.2, -0.15) is 0 Å². The molecule has 6 heteroatoms. The Morgan fingerprint density at radius 2 is 2.04 bits per heavy atom. The first-order chi connectivity index (χ1) is 12.1. The maximum absolute atomic E-state index is 10.9. The molecule has 0 atom stereocenters. The largest absolute Gasteiger partial charge is 0.478 e. The van der Waals surface area contributed by atoms with Crippen LogP contribution in [0.25, 0.3) is 0 Å². The van der Waals surface area contributed by atoms with Crippen molar-refractivity contribution in [1.29, 1.82) is 0 Å². The molecule has 1 N–H and O–H groups in total. The molecule has 132 valence electrons. The van der Waals surface area contributed by atoms with E-state index in [4.69, 9.17) is 5.11 Å². The van der Waals surface area contributed by atoms with Gasteiger partial charge in [0.25, 0.3) is 0 Å². The number of aromatic carboxylic acids is 1. The summed E-state index contributed by atoms with van der Waals surface area (Å²) in [7, 11) is 2.04. The van der Waals surface area contributed by atoms with Gasteiger partial charge in [0.2, 0.25) is 0 Å². The molecule has 1 aliphatic heterocycles. The summed E-state index contributed by atoms with van der Waals surface area (Å²) in [4.78, 5) is 24.2. The van der Waals surface area contributed by atoms with Crippen molar-refractivity contribution in [3.05, 3.63) is 54.0 Å². The van der Waals surface area contributed by atoms with Gasteiger partial charge in [-0.05, 0) is 37.1 Å². The van der Waals surface area contributed by atoms with Crippen molar-refractivity contribution in [3.63, 3.8) is 0 Å². The van der Waals surface area contributed by atoms with E-state index in [0.717, 1.165) is 50.4 Å². The van der Waals surface area contributed by atoms with Gasteiger partial charge in [0, 0.05) is 57.2 Å². The minimum atomic E-state index is -0.942. The van der Waals surface area contributed by atoms with Crippen LogP contribution in [-0.2, 0) is 6.42 Å². The molecule has 0 saturated carbocycles. The summed E-state index contributed by atoms with van der Waals surface area (Å²) in [6, 6.07) is 9.90. The number of hydrogen-bond donors (Lipinski definition) is 1. The van der Waals surface area contributed by atoms with Crippen LogP contribution in [0.3, 0.4) is 0 Å². The van der Waals surface area contributed by atoms with Gasteiger partial charge in [-0.15, -0.1) is 0 Å². The second-order valence-corrected chi connectivity index (χ2v) is 6.47. The van der Waals surface area contributed by atoms with Gasteiger partial charge in [-0.25, -0.2) is 9.78 Å². The first-order valence-corrected chi connectivity index (χ1v) is 8.68. The summed E-state index contributed by atoms with van der Waals surface area (Å²) in [6.45, 7) is 3.17. The molecule has 25 heavy (non-hydrogen) atoms. The first kappa shape index (κ1) is 17.4. The number of likely N-dealkylation sites (tertiary alicyclic amines) is 1. The third-order valence-electron chi connectivity index (χ3n) is 4.87. The van der Waals surface area contributed by atoms with Gasteiger partial charge < -0.3 is 14.9 Å². The zero-order valence-electron chi connectivity index (χ0n) is 14.5. The molecule has 1 fully saturated rings. The normalized spacial score (nSPS) is 15.9. The molecule has 2 aromatic rings. The Morgan fingerprint density at radius 3 is 2.64 bits per heavy atom. The lowest BCUT2D eigenvalue weighted by Gasteiger charge is -2.37. The van der Waals surface area contributed by atoms with Crippen LogP contribution in [0.15, 0.2) is 42.7 Å². The van der Waals surface area contributed by atoms with E-state index in [9.17, 15) is 4.79 Å². The molecular formula is C19H24N4O2. The molecule has 3 rings (SSSR count). The van der Waals surface area contributed by atoms with Crippen molar-refractivity contribution in [2.75, 3.05) is 31.6 Å². The lowest BCUT2D eigenvalue weighted by Crippen LogP contribution is -2.44. The molecule has 0 aromatic carbocycles. The summed E-state index contributed by atoms with van der Waals surface area (Å²) in [5.74, 6) is -0.111. The molecule has 0 spiro atoms. The van der Waals surface area contributed by atoms with E-state index in [0.29, 0.717) is 6.04 Å². The Bertz CT molecular complexity index is 682. The lowest BCUT2D eigenvalue weighted by atomic mass is 10.0. The molecule has 0 aliphatic carbocycles. The van der Waals surface area contributed by atoms with E-state index in [1.165, 1.54) is 6.20 Å². The molecule has 3 heterocycles. The fraction of sp³-hybridized carbons (Fsp3) is 0.421. The second-order valence-electron chi connectivity index (χ2n) is 6.47. The van der Waals surface area contributed by atoms with E-state index in [1.807, 2.05) is 25.4 Å². The maximum atomic E-state index is 10.9.